The Balaban J connectivity index is 1.85. The van der Waals surface area contributed by atoms with Gasteiger partial charge in [0.15, 0.2) is 14.9 Å². The van der Waals surface area contributed by atoms with E-state index in [1.807, 2.05) is 4.90 Å². The molecule has 0 N–H and O–H groups in total. The van der Waals surface area contributed by atoms with Gasteiger partial charge in [-0.15, -0.1) is 11.3 Å². The lowest BCUT2D eigenvalue weighted by Gasteiger charge is -2.34. The Bertz CT molecular complexity index is 857. The van der Waals surface area contributed by atoms with Crippen LogP contribution in [-0.4, -0.2) is 68.4 Å². The number of hydrogen-bond donors (Lipinski definition) is 0. The van der Waals surface area contributed by atoms with Gasteiger partial charge in [-0.1, -0.05) is 0 Å². The normalized spacial score (nSPS) is 15.8. The van der Waals surface area contributed by atoms with Crippen LogP contribution in [0.1, 0.15) is 6.92 Å². The Hall–Kier alpha value is -1.94. The van der Waals surface area contributed by atoms with Crippen LogP contribution in [-0.2, 0) is 14.6 Å². The van der Waals surface area contributed by atoms with Crippen molar-refractivity contribution in [1.82, 2.24) is 14.9 Å². The third-order valence-electron chi connectivity index (χ3n) is 3.70. The number of amides is 1. The molecule has 1 fully saturated rings. The molecule has 10 heteroatoms. The van der Waals surface area contributed by atoms with Crippen LogP contribution < -0.4 is 4.90 Å². The number of ether oxygens (including phenoxy) is 1. The Morgan fingerprint density at radius 1 is 1.29 bits per heavy atom. The molecule has 0 aliphatic carbocycles. The summed E-state index contributed by atoms with van der Waals surface area (Å²) in [6.07, 6.45) is 0.819. The van der Waals surface area contributed by atoms with Gasteiger partial charge in [0.2, 0.25) is 5.95 Å². The average molecular weight is 370 g/mol. The molecular formula is C14H18N4O4S2. The molecule has 2 aromatic heterocycles. The van der Waals surface area contributed by atoms with Crippen molar-refractivity contribution < 1.29 is 17.9 Å². The van der Waals surface area contributed by atoms with Crippen LogP contribution in [0.4, 0.5) is 10.7 Å². The molecular weight excluding hydrogens is 352 g/mol. The molecule has 2 aromatic rings. The summed E-state index contributed by atoms with van der Waals surface area (Å²) in [5.74, 6) is 0.379. The van der Waals surface area contributed by atoms with E-state index >= 15 is 0 Å². The smallest absolute Gasteiger partial charge is 0.409 e. The van der Waals surface area contributed by atoms with Crippen molar-refractivity contribution in [2.75, 3.05) is 43.9 Å². The zero-order valence-electron chi connectivity index (χ0n) is 13.4. The van der Waals surface area contributed by atoms with Crippen molar-refractivity contribution >= 4 is 43.4 Å². The van der Waals surface area contributed by atoms with Gasteiger partial charge in [0.05, 0.1) is 16.8 Å². The number of carbonyl (C=O) groups is 1. The van der Waals surface area contributed by atoms with E-state index in [0.717, 1.165) is 6.26 Å². The quantitative estimate of drug-likeness (QED) is 0.754. The van der Waals surface area contributed by atoms with Gasteiger partial charge in [0.1, 0.15) is 0 Å². The number of sulfone groups is 1. The molecule has 24 heavy (non-hydrogen) atoms. The van der Waals surface area contributed by atoms with Gasteiger partial charge < -0.3 is 14.5 Å². The van der Waals surface area contributed by atoms with Crippen LogP contribution in [0.2, 0.25) is 0 Å². The summed E-state index contributed by atoms with van der Waals surface area (Å²) in [6.45, 7) is 4.13. The number of aromatic nitrogens is 2. The van der Waals surface area contributed by atoms with Crippen LogP contribution in [0, 0.1) is 0 Å². The maximum atomic E-state index is 12.0. The lowest BCUT2D eigenvalue weighted by molar-refractivity contribution is 0.105. The highest BCUT2D eigenvalue weighted by Gasteiger charge is 2.25. The predicted octanol–water partition coefficient (Wildman–Crippen LogP) is 1.37. The van der Waals surface area contributed by atoms with Crippen molar-refractivity contribution in [3.63, 3.8) is 0 Å². The fourth-order valence-corrected chi connectivity index (χ4v) is 4.52. The summed E-state index contributed by atoms with van der Waals surface area (Å²) in [5.41, 5.74) is 0.623. The van der Waals surface area contributed by atoms with Crippen LogP contribution in [0.15, 0.2) is 16.5 Å². The average Bonchev–Trinajstić information content (AvgIpc) is 3.01. The van der Waals surface area contributed by atoms with Crippen molar-refractivity contribution in [3.8, 4) is 0 Å². The van der Waals surface area contributed by atoms with Gasteiger partial charge in [-0.25, -0.2) is 18.2 Å². The fourth-order valence-electron chi connectivity index (χ4n) is 2.52. The highest BCUT2D eigenvalue weighted by molar-refractivity contribution is 7.91. The summed E-state index contributed by atoms with van der Waals surface area (Å²) in [6, 6.07) is 1.79. The Morgan fingerprint density at radius 3 is 2.62 bits per heavy atom. The number of rotatable bonds is 3. The minimum atomic E-state index is -3.44. The molecule has 0 unspecified atom stereocenters. The Morgan fingerprint density at radius 2 is 2.00 bits per heavy atom. The number of nitrogens with zero attached hydrogens (tertiary/aromatic N) is 4. The monoisotopic (exact) mass is 370 g/mol. The number of thiophene rings is 1. The van der Waals surface area contributed by atoms with E-state index in [-0.39, 0.29) is 11.1 Å². The molecule has 0 saturated carbocycles. The van der Waals surface area contributed by atoms with Gasteiger partial charge >= 0.3 is 6.09 Å². The minimum absolute atomic E-state index is 0.0605. The van der Waals surface area contributed by atoms with Crippen molar-refractivity contribution in [3.05, 3.63) is 11.4 Å². The summed E-state index contributed by atoms with van der Waals surface area (Å²) < 4.78 is 29.6. The summed E-state index contributed by atoms with van der Waals surface area (Å²) in [4.78, 5) is 24.0. The largest absolute Gasteiger partial charge is 0.450 e. The summed E-state index contributed by atoms with van der Waals surface area (Å²) in [7, 11) is -3.44. The first-order valence-corrected chi connectivity index (χ1v) is 10.3. The highest BCUT2D eigenvalue weighted by Crippen LogP contribution is 2.28. The van der Waals surface area contributed by atoms with Crippen molar-refractivity contribution in [1.29, 1.82) is 0 Å². The van der Waals surface area contributed by atoms with E-state index in [1.54, 1.807) is 23.3 Å². The first-order chi connectivity index (χ1) is 11.4. The molecule has 1 amide bonds. The fraction of sp³-hybridized carbons (Fsp3) is 0.500. The zero-order chi connectivity index (χ0) is 17.3. The minimum Gasteiger partial charge on any atom is -0.450 e. The molecule has 130 valence electrons. The van der Waals surface area contributed by atoms with Crippen molar-refractivity contribution in [2.24, 2.45) is 0 Å². The van der Waals surface area contributed by atoms with Crippen LogP contribution in [0.25, 0.3) is 10.2 Å². The van der Waals surface area contributed by atoms with E-state index < -0.39 is 9.84 Å². The van der Waals surface area contributed by atoms with Crippen LogP contribution >= 0.6 is 11.3 Å². The second-order valence-corrected chi connectivity index (χ2v) is 8.26. The highest BCUT2D eigenvalue weighted by atomic mass is 32.2. The second kappa shape index (κ2) is 6.52. The van der Waals surface area contributed by atoms with E-state index in [9.17, 15) is 13.2 Å². The number of piperazine rings is 1. The molecule has 8 nitrogen and oxygen atoms in total. The molecule has 1 aliphatic rings. The van der Waals surface area contributed by atoms with Crippen LogP contribution in [0.3, 0.4) is 0 Å². The lowest BCUT2D eigenvalue weighted by atomic mass is 10.3. The van der Waals surface area contributed by atoms with Crippen molar-refractivity contribution in [2.45, 2.75) is 11.9 Å². The molecule has 1 saturated heterocycles. The molecule has 3 heterocycles. The van der Waals surface area contributed by atoms with E-state index in [2.05, 4.69) is 9.97 Å². The van der Waals surface area contributed by atoms with Gasteiger partial charge in [0, 0.05) is 32.4 Å². The molecule has 0 bridgehead atoms. The van der Waals surface area contributed by atoms with Gasteiger partial charge in [0.25, 0.3) is 0 Å². The third kappa shape index (κ3) is 3.29. The number of anilines is 1. The molecule has 0 aromatic carbocycles. The topological polar surface area (TPSA) is 92.7 Å². The predicted molar refractivity (Wildman–Crippen MR) is 91.3 cm³/mol. The Kier molecular flexibility index (Phi) is 4.59. The number of hydrogen-bond acceptors (Lipinski definition) is 8. The Labute approximate surface area is 144 Å². The van der Waals surface area contributed by atoms with Crippen LogP contribution in [0.5, 0.6) is 0 Å². The first-order valence-electron chi connectivity index (χ1n) is 7.52. The third-order valence-corrected chi connectivity index (χ3v) is 5.74. The molecule has 0 spiro atoms. The van der Waals surface area contributed by atoms with E-state index in [4.69, 9.17) is 4.74 Å². The standard InChI is InChI=1S/C14H18N4O4S2/c1-3-22-14(19)18-7-5-17(6-8-18)13-15-10-4-9-23-11(10)12(16-13)24(2,20)21/h4,9H,3,5-8H2,1-2H3. The van der Waals surface area contributed by atoms with Gasteiger partial charge in [-0.2, -0.15) is 4.98 Å². The summed E-state index contributed by atoms with van der Waals surface area (Å²) >= 11 is 1.31. The van der Waals surface area contributed by atoms with Gasteiger partial charge in [-0.3, -0.25) is 0 Å². The molecule has 0 atom stereocenters. The summed E-state index contributed by atoms with van der Waals surface area (Å²) in [5, 5.41) is 1.86. The van der Waals surface area contributed by atoms with E-state index in [0.29, 0.717) is 49.0 Å². The van der Waals surface area contributed by atoms with E-state index in [1.165, 1.54) is 11.3 Å². The molecule has 1 aliphatic heterocycles. The maximum Gasteiger partial charge on any atom is 0.409 e. The molecule has 3 rings (SSSR count). The number of carbonyl (C=O) groups excluding carboxylic acids is 1. The van der Waals surface area contributed by atoms with Gasteiger partial charge in [-0.05, 0) is 18.4 Å². The first kappa shape index (κ1) is 16.9. The SMILES string of the molecule is CCOC(=O)N1CCN(c2nc(S(C)(=O)=O)c3sccc3n2)CC1. The number of fused-ring (bicyclic) bond motifs is 1. The second-order valence-electron chi connectivity index (χ2n) is 5.41. The maximum absolute atomic E-state index is 12.0. The zero-order valence-corrected chi connectivity index (χ0v) is 15.1. The lowest BCUT2D eigenvalue weighted by Crippen LogP contribution is -2.49. The molecule has 0 radical (unpaired) electrons.